The van der Waals surface area contributed by atoms with Gasteiger partial charge in [0, 0.05) is 28.9 Å². The molecule has 2 N–H and O–H groups in total. The number of halogens is 1. The number of amides is 1. The van der Waals surface area contributed by atoms with Crippen LogP contribution in [0.3, 0.4) is 0 Å². The number of nitrogens with zero attached hydrogens (tertiary/aromatic N) is 2. The molecular formula is C20H18FN3O4P+. The first-order valence-corrected chi connectivity index (χ1v) is 9.70. The summed E-state index contributed by atoms with van der Waals surface area (Å²) in [4.78, 5) is 20.9. The van der Waals surface area contributed by atoms with E-state index in [1.807, 2.05) is 0 Å². The Morgan fingerprint density at radius 2 is 1.93 bits per heavy atom. The van der Waals surface area contributed by atoms with Gasteiger partial charge in [-0.25, -0.2) is 4.39 Å². The average Bonchev–Trinajstić information content (AvgIpc) is 3.07. The first-order valence-electron chi connectivity index (χ1n) is 8.57. The summed E-state index contributed by atoms with van der Waals surface area (Å²) in [5.74, 6) is -0.657. The first-order chi connectivity index (χ1) is 13.9. The minimum absolute atomic E-state index is 0.00643. The van der Waals surface area contributed by atoms with Crippen molar-refractivity contribution in [3.8, 4) is 11.1 Å². The van der Waals surface area contributed by atoms with Gasteiger partial charge in [-0.1, -0.05) is 24.3 Å². The number of hydrogen-bond acceptors (Lipinski definition) is 4. The molecule has 0 bridgehead atoms. The van der Waals surface area contributed by atoms with Crippen LogP contribution in [0.4, 0.5) is 10.1 Å². The maximum absolute atomic E-state index is 13.2. The molecule has 0 spiro atoms. The van der Waals surface area contributed by atoms with Gasteiger partial charge in [0.25, 0.3) is 0 Å². The Labute approximate surface area is 167 Å². The van der Waals surface area contributed by atoms with Crippen LogP contribution in [0.15, 0.2) is 60.8 Å². The van der Waals surface area contributed by atoms with Crippen molar-refractivity contribution in [3.63, 3.8) is 0 Å². The zero-order valence-corrected chi connectivity index (χ0v) is 16.3. The molecule has 7 nitrogen and oxygen atoms in total. The highest BCUT2D eigenvalue weighted by atomic mass is 31.1. The van der Waals surface area contributed by atoms with E-state index in [4.69, 9.17) is 4.89 Å². The number of carbonyl (C=O) groups excluding carboxylic acids is 1. The SMILES string of the molecule is Cn1ncc(-c2ccc(F)cc2)c1C=CC(=O)Nc1ccc(CO[P+](=O)O)cc1. The van der Waals surface area contributed by atoms with E-state index < -0.39 is 8.25 Å². The number of aryl methyl sites for hydroxylation is 1. The highest BCUT2D eigenvalue weighted by molar-refractivity contribution is 7.32. The lowest BCUT2D eigenvalue weighted by Crippen LogP contribution is -2.08. The van der Waals surface area contributed by atoms with Crippen LogP contribution < -0.4 is 5.32 Å². The highest BCUT2D eigenvalue weighted by Crippen LogP contribution is 2.24. The fourth-order valence-electron chi connectivity index (χ4n) is 2.65. The predicted octanol–water partition coefficient (Wildman–Crippen LogP) is 4.04. The van der Waals surface area contributed by atoms with Crippen molar-refractivity contribution in [1.82, 2.24) is 9.78 Å². The Bertz CT molecular complexity index is 1050. The Morgan fingerprint density at radius 1 is 1.24 bits per heavy atom. The Balaban J connectivity index is 1.67. The molecule has 1 amide bonds. The third kappa shape index (κ3) is 5.65. The second kappa shape index (κ2) is 9.34. The van der Waals surface area contributed by atoms with E-state index in [0.29, 0.717) is 16.9 Å². The number of benzene rings is 2. The molecule has 2 aromatic carbocycles. The van der Waals surface area contributed by atoms with Crippen molar-refractivity contribution in [2.75, 3.05) is 5.32 Å². The average molecular weight is 414 g/mol. The summed E-state index contributed by atoms with van der Waals surface area (Å²) >= 11 is 0. The van der Waals surface area contributed by atoms with E-state index in [2.05, 4.69) is 14.9 Å². The maximum Gasteiger partial charge on any atom is 0.695 e. The van der Waals surface area contributed by atoms with Crippen molar-refractivity contribution in [3.05, 3.63) is 77.9 Å². The molecule has 1 atom stereocenters. The van der Waals surface area contributed by atoms with Crippen LogP contribution in [0.25, 0.3) is 17.2 Å². The van der Waals surface area contributed by atoms with Gasteiger partial charge in [-0.2, -0.15) is 5.10 Å². The molecule has 0 saturated heterocycles. The van der Waals surface area contributed by atoms with Crippen LogP contribution in [-0.2, 0) is 27.5 Å². The molecule has 1 aromatic heterocycles. The third-order valence-electron chi connectivity index (χ3n) is 4.10. The minimum atomic E-state index is -2.65. The number of carbonyl (C=O) groups is 1. The van der Waals surface area contributed by atoms with Gasteiger partial charge in [-0.15, -0.1) is 9.42 Å². The molecule has 1 unspecified atom stereocenters. The Morgan fingerprint density at radius 3 is 2.59 bits per heavy atom. The summed E-state index contributed by atoms with van der Waals surface area (Å²) in [6.45, 7) is 0.00643. The fourth-order valence-corrected chi connectivity index (χ4v) is 2.91. The molecule has 3 aromatic rings. The molecule has 0 aliphatic heterocycles. The number of anilines is 1. The second-order valence-electron chi connectivity index (χ2n) is 6.10. The quantitative estimate of drug-likeness (QED) is 0.450. The van der Waals surface area contributed by atoms with Crippen molar-refractivity contribution < 1.29 is 23.2 Å². The molecule has 0 aliphatic rings. The third-order valence-corrected chi connectivity index (χ3v) is 4.45. The first kappa shape index (κ1) is 20.5. The maximum atomic E-state index is 13.2. The van der Waals surface area contributed by atoms with Gasteiger partial charge in [0.1, 0.15) is 12.4 Å². The topological polar surface area (TPSA) is 93.5 Å². The molecule has 9 heteroatoms. The summed E-state index contributed by atoms with van der Waals surface area (Å²) in [5.41, 5.74) is 3.55. The smallest absolute Gasteiger partial charge is 0.323 e. The minimum Gasteiger partial charge on any atom is -0.323 e. The number of nitrogens with one attached hydrogen (secondary N) is 1. The fraction of sp³-hybridized carbons (Fsp3) is 0.100. The molecule has 3 rings (SSSR count). The molecule has 148 valence electrons. The standard InChI is InChI=1S/C20H17FN3O4P/c1-24-19(18(12-22-24)15-4-6-16(21)7-5-15)10-11-20(25)23-17-8-2-14(3-9-17)13-28-29(26)27/h2-12H,13H2,1H3,(H-,23,25,26,27)/p+1. The van der Waals surface area contributed by atoms with Gasteiger partial charge in [-0.05, 0) is 41.5 Å². The van der Waals surface area contributed by atoms with Crippen LogP contribution in [0, 0.1) is 5.82 Å². The van der Waals surface area contributed by atoms with Crippen molar-refractivity contribution in [2.45, 2.75) is 6.61 Å². The Kier molecular flexibility index (Phi) is 6.61. The van der Waals surface area contributed by atoms with Crippen LogP contribution in [-0.4, -0.2) is 20.6 Å². The van der Waals surface area contributed by atoms with Gasteiger partial charge in [0.15, 0.2) is 0 Å². The normalized spacial score (nSPS) is 11.6. The molecule has 29 heavy (non-hydrogen) atoms. The second-order valence-corrected chi connectivity index (χ2v) is 6.84. The number of rotatable bonds is 7. The largest absolute Gasteiger partial charge is 0.695 e. The van der Waals surface area contributed by atoms with Crippen molar-refractivity contribution in [1.29, 1.82) is 0 Å². The number of aromatic nitrogens is 2. The van der Waals surface area contributed by atoms with Crippen LogP contribution in [0.1, 0.15) is 11.3 Å². The lowest BCUT2D eigenvalue weighted by molar-refractivity contribution is -0.111. The van der Waals surface area contributed by atoms with Gasteiger partial charge < -0.3 is 5.32 Å². The van der Waals surface area contributed by atoms with Crippen molar-refractivity contribution in [2.24, 2.45) is 7.05 Å². The van der Waals surface area contributed by atoms with E-state index in [1.165, 1.54) is 18.2 Å². The Hall–Kier alpha value is -3.19. The molecule has 0 saturated carbocycles. The van der Waals surface area contributed by atoms with E-state index in [9.17, 15) is 13.8 Å². The van der Waals surface area contributed by atoms with Crippen molar-refractivity contribution >= 4 is 25.9 Å². The zero-order chi connectivity index (χ0) is 20.8. The van der Waals surface area contributed by atoms with Crippen LogP contribution >= 0.6 is 8.25 Å². The monoisotopic (exact) mass is 414 g/mol. The summed E-state index contributed by atoms with van der Waals surface area (Å²) in [6, 6.07) is 12.8. The van der Waals surface area contributed by atoms with E-state index in [-0.39, 0.29) is 18.3 Å². The van der Waals surface area contributed by atoms with Crippen LogP contribution in [0.2, 0.25) is 0 Å². The summed E-state index contributed by atoms with van der Waals surface area (Å²) < 4.78 is 30.0. The summed E-state index contributed by atoms with van der Waals surface area (Å²) in [7, 11) is -0.892. The van der Waals surface area contributed by atoms with Gasteiger partial charge in [-0.3, -0.25) is 9.48 Å². The van der Waals surface area contributed by atoms with E-state index in [1.54, 1.807) is 60.4 Å². The molecule has 0 aliphatic carbocycles. The van der Waals surface area contributed by atoms with E-state index in [0.717, 1.165) is 11.1 Å². The van der Waals surface area contributed by atoms with Gasteiger partial charge >= 0.3 is 8.25 Å². The summed E-state index contributed by atoms with van der Waals surface area (Å²) in [6.07, 6.45) is 4.68. The van der Waals surface area contributed by atoms with Gasteiger partial charge in [0.05, 0.1) is 11.9 Å². The lowest BCUT2D eigenvalue weighted by atomic mass is 10.1. The highest BCUT2D eigenvalue weighted by Gasteiger charge is 2.12. The number of hydrogen-bond donors (Lipinski definition) is 2. The van der Waals surface area contributed by atoms with E-state index >= 15 is 0 Å². The predicted molar refractivity (Wildman–Crippen MR) is 107 cm³/mol. The van der Waals surface area contributed by atoms with Crippen LogP contribution in [0.5, 0.6) is 0 Å². The summed E-state index contributed by atoms with van der Waals surface area (Å²) in [5, 5.41) is 6.94. The lowest BCUT2D eigenvalue weighted by Gasteiger charge is -2.04. The molecule has 1 heterocycles. The molecule has 0 radical (unpaired) electrons. The molecule has 0 fully saturated rings. The zero-order valence-electron chi connectivity index (χ0n) is 15.4. The molecular weight excluding hydrogens is 396 g/mol. The van der Waals surface area contributed by atoms with Gasteiger partial charge in [0.2, 0.25) is 5.91 Å².